The van der Waals surface area contributed by atoms with Crippen LogP contribution in [0, 0.1) is 18.9 Å². The van der Waals surface area contributed by atoms with E-state index in [1.165, 1.54) is 25.7 Å². The maximum absolute atomic E-state index is 6.64. The zero-order valence-corrected chi connectivity index (χ0v) is 12.3. The van der Waals surface area contributed by atoms with Gasteiger partial charge in [0.2, 0.25) is 6.54 Å². The Hall–Kier alpha value is 1.30. The SMILES string of the molecule is [C-]#[N+]CCC1CC[CH-]CC1.[Rb+]. The van der Waals surface area contributed by atoms with Crippen molar-refractivity contribution >= 4 is 0 Å². The number of hydrogen-bond acceptors (Lipinski definition) is 0. The van der Waals surface area contributed by atoms with Gasteiger partial charge >= 0.3 is 58.2 Å². The van der Waals surface area contributed by atoms with Crippen LogP contribution in [-0.2, 0) is 0 Å². The van der Waals surface area contributed by atoms with Crippen molar-refractivity contribution in [2.45, 2.75) is 32.1 Å². The monoisotopic (exact) mass is 221 g/mol. The summed E-state index contributed by atoms with van der Waals surface area (Å²) < 4.78 is 0. The molecule has 1 nitrogen and oxygen atoms in total. The van der Waals surface area contributed by atoms with Crippen molar-refractivity contribution in [3.05, 3.63) is 17.8 Å². The predicted molar refractivity (Wildman–Crippen MR) is 42.3 cm³/mol. The maximum Gasteiger partial charge on any atom is 1.00 e. The van der Waals surface area contributed by atoms with Crippen molar-refractivity contribution < 1.29 is 58.2 Å². The van der Waals surface area contributed by atoms with E-state index in [4.69, 9.17) is 6.57 Å². The number of rotatable bonds is 2. The van der Waals surface area contributed by atoms with E-state index in [2.05, 4.69) is 11.3 Å². The Morgan fingerprint density at radius 1 is 1.36 bits per heavy atom. The third-order valence-electron chi connectivity index (χ3n) is 2.21. The normalized spacial score (nSPS) is 18.5. The molecule has 0 N–H and O–H groups in total. The van der Waals surface area contributed by atoms with Crippen molar-refractivity contribution in [3.63, 3.8) is 0 Å². The smallest absolute Gasteiger partial charge is 0.328 e. The summed E-state index contributed by atoms with van der Waals surface area (Å²) in [7, 11) is 0. The van der Waals surface area contributed by atoms with Crippen LogP contribution >= 0.6 is 0 Å². The van der Waals surface area contributed by atoms with Crippen LogP contribution in [0.15, 0.2) is 0 Å². The Labute approximate surface area is 119 Å². The first-order valence-electron chi connectivity index (χ1n) is 4.08. The minimum absolute atomic E-state index is 0. The van der Waals surface area contributed by atoms with Gasteiger partial charge in [0.1, 0.15) is 0 Å². The van der Waals surface area contributed by atoms with E-state index in [0.29, 0.717) is 0 Å². The summed E-state index contributed by atoms with van der Waals surface area (Å²) in [5, 5.41) is 0. The molecule has 0 aromatic heterocycles. The second-order valence-electron chi connectivity index (χ2n) is 2.98. The molecule has 1 saturated carbocycles. The summed E-state index contributed by atoms with van der Waals surface area (Å²) in [5.41, 5.74) is 0. The van der Waals surface area contributed by atoms with Crippen LogP contribution in [0.4, 0.5) is 0 Å². The van der Waals surface area contributed by atoms with Gasteiger partial charge in [0.15, 0.2) is 0 Å². The van der Waals surface area contributed by atoms with Crippen molar-refractivity contribution in [1.29, 1.82) is 0 Å². The largest absolute Gasteiger partial charge is 1.00 e. The molecule has 1 fully saturated rings. The van der Waals surface area contributed by atoms with Gasteiger partial charge < -0.3 is 11.3 Å². The molecule has 1 rings (SSSR count). The first-order valence-corrected chi connectivity index (χ1v) is 4.08. The standard InChI is InChI=1S/C9H14N.Rb/c1-10-8-7-9-5-3-2-4-6-9;/h2,9H,3-8H2;/q-1;+1. The summed E-state index contributed by atoms with van der Waals surface area (Å²) in [6.07, 6.45) is 8.72. The molecule has 11 heavy (non-hydrogen) atoms. The zero-order chi connectivity index (χ0) is 7.23. The molecule has 0 atom stereocenters. The van der Waals surface area contributed by atoms with Gasteiger partial charge in [-0.2, -0.15) is 12.8 Å². The van der Waals surface area contributed by atoms with E-state index in [1.807, 2.05) is 0 Å². The average Bonchev–Trinajstić information content (AvgIpc) is 2.03. The molecular weight excluding hydrogens is 208 g/mol. The molecule has 0 bridgehead atoms. The maximum atomic E-state index is 6.64. The summed E-state index contributed by atoms with van der Waals surface area (Å²) in [6.45, 7) is 7.38. The summed E-state index contributed by atoms with van der Waals surface area (Å²) in [4.78, 5) is 3.37. The molecule has 56 valence electrons. The Bertz CT molecular complexity index is 122. The molecule has 0 amide bonds. The second-order valence-corrected chi connectivity index (χ2v) is 2.98. The quantitative estimate of drug-likeness (QED) is 0.564. The summed E-state index contributed by atoms with van der Waals surface area (Å²) in [5.74, 6) is 0.860. The molecule has 0 aromatic rings. The molecule has 0 radical (unpaired) electrons. The van der Waals surface area contributed by atoms with Crippen LogP contribution in [0.3, 0.4) is 0 Å². The molecule has 0 unspecified atom stereocenters. The van der Waals surface area contributed by atoms with E-state index < -0.39 is 0 Å². The van der Waals surface area contributed by atoms with Gasteiger partial charge in [-0.1, -0.05) is 12.8 Å². The second kappa shape index (κ2) is 7.92. The molecule has 0 aromatic carbocycles. The molecule has 0 spiro atoms. The Kier molecular flexibility index (Phi) is 8.85. The fourth-order valence-electron chi connectivity index (χ4n) is 1.53. The first kappa shape index (κ1) is 12.3. The predicted octanol–water partition coefficient (Wildman–Crippen LogP) is -0.306. The van der Waals surface area contributed by atoms with Crippen molar-refractivity contribution in [1.82, 2.24) is 0 Å². The van der Waals surface area contributed by atoms with E-state index in [1.54, 1.807) is 0 Å². The van der Waals surface area contributed by atoms with Gasteiger partial charge in [0.25, 0.3) is 0 Å². The molecule has 1 aliphatic carbocycles. The minimum Gasteiger partial charge on any atom is -0.328 e. The van der Waals surface area contributed by atoms with Crippen molar-refractivity contribution in [2.75, 3.05) is 6.54 Å². The van der Waals surface area contributed by atoms with Gasteiger partial charge in [0, 0.05) is 6.42 Å². The van der Waals surface area contributed by atoms with Gasteiger partial charge in [-0.15, -0.1) is 0 Å². The Morgan fingerprint density at radius 3 is 2.55 bits per heavy atom. The van der Waals surface area contributed by atoms with Gasteiger partial charge in [0.05, 0.1) is 0 Å². The van der Waals surface area contributed by atoms with Crippen LogP contribution in [-0.4, -0.2) is 6.54 Å². The van der Waals surface area contributed by atoms with Crippen LogP contribution in [0.2, 0.25) is 0 Å². The number of nitrogens with zero attached hydrogens (tertiary/aromatic N) is 1. The van der Waals surface area contributed by atoms with E-state index in [-0.39, 0.29) is 58.2 Å². The van der Waals surface area contributed by atoms with Crippen LogP contribution in [0.1, 0.15) is 32.1 Å². The zero-order valence-electron chi connectivity index (χ0n) is 7.34. The fourth-order valence-corrected chi connectivity index (χ4v) is 1.53. The average molecular weight is 222 g/mol. The fraction of sp³-hybridized carbons (Fsp3) is 0.778. The van der Waals surface area contributed by atoms with Crippen LogP contribution in [0.25, 0.3) is 4.85 Å². The van der Waals surface area contributed by atoms with E-state index in [9.17, 15) is 0 Å². The van der Waals surface area contributed by atoms with Crippen LogP contribution < -0.4 is 58.2 Å². The topological polar surface area (TPSA) is 4.36 Å². The Balaban J connectivity index is 0.000001000. The minimum atomic E-state index is 0. The van der Waals surface area contributed by atoms with Gasteiger partial charge in [-0.3, -0.25) is 0 Å². The van der Waals surface area contributed by atoms with Crippen molar-refractivity contribution in [3.8, 4) is 0 Å². The van der Waals surface area contributed by atoms with E-state index in [0.717, 1.165) is 18.9 Å². The van der Waals surface area contributed by atoms with Gasteiger partial charge in [-0.25, -0.2) is 6.57 Å². The van der Waals surface area contributed by atoms with E-state index >= 15 is 0 Å². The molecular formula is C9H14NRb. The molecule has 0 heterocycles. The summed E-state index contributed by atoms with van der Waals surface area (Å²) in [6, 6.07) is 0. The summed E-state index contributed by atoms with van der Waals surface area (Å²) >= 11 is 0. The molecule has 0 saturated heterocycles. The third-order valence-corrected chi connectivity index (χ3v) is 2.21. The Morgan fingerprint density at radius 2 is 2.00 bits per heavy atom. The number of hydrogen-bond donors (Lipinski definition) is 0. The third kappa shape index (κ3) is 5.52. The first-order chi connectivity index (χ1) is 4.93. The van der Waals surface area contributed by atoms with Crippen molar-refractivity contribution in [2.24, 2.45) is 5.92 Å². The molecule has 0 aliphatic heterocycles. The van der Waals surface area contributed by atoms with Crippen LogP contribution in [0.5, 0.6) is 0 Å². The molecule has 1 aliphatic rings. The molecule has 2 heteroatoms. The van der Waals surface area contributed by atoms with Gasteiger partial charge in [-0.05, 0) is 5.92 Å².